The zero-order valence-electron chi connectivity index (χ0n) is 16.4. The van der Waals surface area contributed by atoms with Gasteiger partial charge in [-0.15, -0.1) is 0 Å². The molecule has 1 aliphatic rings. The van der Waals surface area contributed by atoms with E-state index in [9.17, 15) is 9.00 Å². The number of benzene rings is 1. The Kier molecular flexibility index (Phi) is 6.10. The molecule has 4 nitrogen and oxygen atoms in total. The molecule has 3 rings (SSSR count). The molecule has 0 saturated heterocycles. The van der Waals surface area contributed by atoms with Gasteiger partial charge >= 0.3 is 0 Å². The van der Waals surface area contributed by atoms with E-state index in [-0.39, 0.29) is 18.1 Å². The maximum absolute atomic E-state index is 13.8. The summed E-state index contributed by atoms with van der Waals surface area (Å²) in [6.07, 6.45) is 4.72. The second-order valence-electron chi connectivity index (χ2n) is 7.24. The molecule has 144 valence electrons. The van der Waals surface area contributed by atoms with Crippen LogP contribution >= 0.6 is 0 Å². The Bertz CT molecular complexity index is 824. The summed E-state index contributed by atoms with van der Waals surface area (Å²) in [5.41, 5.74) is 2.50. The number of nitrogens with zero attached hydrogens (tertiary/aromatic N) is 2. The molecule has 0 amide bonds. The van der Waals surface area contributed by atoms with E-state index < -0.39 is 15.7 Å². The van der Waals surface area contributed by atoms with Crippen LogP contribution in [0.4, 0.5) is 5.69 Å². The molecule has 5 heteroatoms. The lowest BCUT2D eigenvalue weighted by Gasteiger charge is -2.34. The van der Waals surface area contributed by atoms with E-state index >= 15 is 0 Å². The largest absolute Gasteiger partial charge is 0.292 e. The highest BCUT2D eigenvalue weighted by Crippen LogP contribution is 2.52. The van der Waals surface area contributed by atoms with Crippen molar-refractivity contribution in [3.8, 4) is 0 Å². The van der Waals surface area contributed by atoms with Crippen LogP contribution in [-0.2, 0) is 15.7 Å². The van der Waals surface area contributed by atoms with Gasteiger partial charge in [0.25, 0.3) is 0 Å². The van der Waals surface area contributed by atoms with Crippen molar-refractivity contribution in [2.24, 2.45) is 5.92 Å². The van der Waals surface area contributed by atoms with Gasteiger partial charge in [0.2, 0.25) is 0 Å². The Morgan fingerprint density at radius 3 is 2.59 bits per heavy atom. The van der Waals surface area contributed by atoms with Crippen LogP contribution in [0.2, 0.25) is 0 Å². The predicted molar refractivity (Wildman–Crippen MR) is 111 cm³/mol. The van der Waals surface area contributed by atoms with Crippen LogP contribution in [0.15, 0.2) is 48.7 Å². The van der Waals surface area contributed by atoms with E-state index in [0.29, 0.717) is 5.69 Å². The number of hydrogen-bond acceptors (Lipinski definition) is 3. The summed E-state index contributed by atoms with van der Waals surface area (Å²) in [7, 11) is -1.29. The number of pyridine rings is 1. The second kappa shape index (κ2) is 8.34. The molecule has 27 heavy (non-hydrogen) atoms. The van der Waals surface area contributed by atoms with Crippen molar-refractivity contribution in [2.75, 3.05) is 10.8 Å². The average Bonchev–Trinajstić information content (AvgIpc) is 2.95. The number of Topliss-reactive ketones (excluding diaryl/α,β-unsaturated/α-hetero) is 1. The minimum Gasteiger partial charge on any atom is -0.292 e. The van der Waals surface area contributed by atoms with Crippen LogP contribution in [-0.4, -0.2) is 21.5 Å². The number of anilines is 1. The van der Waals surface area contributed by atoms with Crippen LogP contribution in [0.1, 0.15) is 62.5 Å². The highest BCUT2D eigenvalue weighted by molar-refractivity contribution is 7.88. The Balaban J connectivity index is 2.08. The van der Waals surface area contributed by atoms with E-state index in [1.807, 2.05) is 28.6 Å². The van der Waals surface area contributed by atoms with Crippen LogP contribution in [0.25, 0.3) is 0 Å². The summed E-state index contributed by atoms with van der Waals surface area (Å²) >= 11 is 0. The molecule has 1 aromatic heterocycles. The average molecular weight is 385 g/mol. The molecular weight excluding hydrogens is 356 g/mol. The van der Waals surface area contributed by atoms with Crippen molar-refractivity contribution in [3.05, 3.63) is 59.9 Å². The number of carbonyl (C=O) groups is 1. The maximum Gasteiger partial charge on any atom is 0.183 e. The molecule has 2 aromatic rings. The fourth-order valence-corrected chi connectivity index (χ4v) is 6.04. The first-order chi connectivity index (χ1) is 13.1. The van der Waals surface area contributed by atoms with E-state index in [0.717, 1.165) is 37.1 Å². The van der Waals surface area contributed by atoms with Gasteiger partial charge in [-0.3, -0.25) is 14.1 Å². The number of unbranched alkanes of at least 4 members (excludes halogenated alkanes) is 1. The van der Waals surface area contributed by atoms with Gasteiger partial charge in [0.15, 0.2) is 5.78 Å². The smallest absolute Gasteiger partial charge is 0.183 e. The molecule has 0 aliphatic carbocycles. The van der Waals surface area contributed by atoms with Gasteiger partial charge in [0.05, 0.1) is 5.69 Å². The third kappa shape index (κ3) is 3.45. The summed E-state index contributed by atoms with van der Waals surface area (Å²) in [4.78, 5) is 17.3. The zero-order valence-corrected chi connectivity index (χ0v) is 17.2. The number of ketones is 1. The zero-order chi connectivity index (χ0) is 19.4. The molecule has 0 saturated carbocycles. The molecule has 1 aliphatic heterocycles. The lowest BCUT2D eigenvalue weighted by atomic mass is 9.80. The molecule has 3 unspecified atom stereocenters. The summed E-state index contributed by atoms with van der Waals surface area (Å²) < 4.78 is 15.1. The Hall–Kier alpha value is -2.01. The minimum absolute atomic E-state index is 0.0450. The van der Waals surface area contributed by atoms with Crippen LogP contribution in [0.3, 0.4) is 0 Å². The van der Waals surface area contributed by atoms with Crippen molar-refractivity contribution >= 4 is 22.5 Å². The lowest BCUT2D eigenvalue weighted by molar-refractivity contribution is 0.0950. The topological polar surface area (TPSA) is 50.3 Å². The van der Waals surface area contributed by atoms with Crippen LogP contribution in [0.5, 0.6) is 0 Å². The second-order valence-corrected chi connectivity index (χ2v) is 8.90. The van der Waals surface area contributed by atoms with E-state index in [2.05, 4.69) is 31.8 Å². The quantitative estimate of drug-likeness (QED) is 0.610. The van der Waals surface area contributed by atoms with Gasteiger partial charge in [-0.25, -0.2) is 4.21 Å². The molecule has 0 N–H and O–H groups in total. The van der Waals surface area contributed by atoms with Gasteiger partial charge in [0, 0.05) is 19.2 Å². The van der Waals surface area contributed by atoms with Crippen molar-refractivity contribution in [2.45, 2.75) is 51.2 Å². The van der Waals surface area contributed by atoms with Crippen molar-refractivity contribution in [1.82, 2.24) is 4.98 Å². The van der Waals surface area contributed by atoms with E-state index in [4.69, 9.17) is 0 Å². The molecule has 1 aromatic carbocycles. The van der Waals surface area contributed by atoms with Crippen molar-refractivity contribution in [3.63, 3.8) is 0 Å². The third-order valence-electron chi connectivity index (χ3n) is 5.64. The van der Waals surface area contributed by atoms with Crippen LogP contribution in [0, 0.1) is 5.92 Å². The van der Waals surface area contributed by atoms with Crippen LogP contribution < -0.4 is 4.31 Å². The summed E-state index contributed by atoms with van der Waals surface area (Å²) in [6.45, 7) is 7.10. The number of rotatable bonds is 8. The number of hydrogen-bond donors (Lipinski definition) is 0. The SMILES string of the molecule is CCCCN1c2ccccc2C(CC(=O)c2ccccn2)(C(C)CC)S1=O. The van der Waals surface area contributed by atoms with Crippen molar-refractivity contribution in [1.29, 1.82) is 0 Å². The predicted octanol–water partition coefficient (Wildman–Crippen LogP) is 4.88. The Morgan fingerprint density at radius 2 is 1.93 bits per heavy atom. The Labute approximate surface area is 164 Å². The molecule has 3 atom stereocenters. The minimum atomic E-state index is -1.29. The molecule has 2 heterocycles. The molecule has 0 bridgehead atoms. The fourth-order valence-electron chi connectivity index (χ4n) is 3.89. The van der Waals surface area contributed by atoms with Gasteiger partial charge in [0.1, 0.15) is 21.4 Å². The molecular formula is C22H28N2O2S. The summed E-state index contributed by atoms with van der Waals surface area (Å²) in [5.74, 6) is 0.0650. The van der Waals surface area contributed by atoms with Gasteiger partial charge in [-0.05, 0) is 36.1 Å². The maximum atomic E-state index is 13.8. The fraction of sp³-hybridized carbons (Fsp3) is 0.455. The highest BCUT2D eigenvalue weighted by Gasteiger charge is 2.53. The molecule has 0 fully saturated rings. The monoisotopic (exact) mass is 384 g/mol. The standard InChI is InChI=1S/C22H28N2O2S/c1-4-6-15-24-20-13-8-7-11-18(20)22(27(24)26,17(3)5-2)16-21(25)19-12-9-10-14-23-19/h7-14,17H,4-6,15-16H2,1-3H3. The molecule has 0 spiro atoms. The Morgan fingerprint density at radius 1 is 1.19 bits per heavy atom. The van der Waals surface area contributed by atoms with E-state index in [1.54, 1.807) is 18.3 Å². The molecule has 0 radical (unpaired) electrons. The van der Waals surface area contributed by atoms with E-state index in [1.165, 1.54) is 0 Å². The highest BCUT2D eigenvalue weighted by atomic mass is 32.2. The van der Waals surface area contributed by atoms with Crippen molar-refractivity contribution < 1.29 is 9.00 Å². The summed E-state index contributed by atoms with van der Waals surface area (Å²) in [6, 6.07) is 13.4. The number of para-hydroxylation sites is 1. The normalized spacial score (nSPS) is 22.5. The number of aromatic nitrogens is 1. The summed E-state index contributed by atoms with van der Waals surface area (Å²) in [5, 5.41) is 0. The lowest BCUT2D eigenvalue weighted by Crippen LogP contribution is -2.42. The first kappa shape index (κ1) is 19.7. The number of carbonyl (C=O) groups excluding carboxylic acids is 1. The first-order valence-electron chi connectivity index (χ1n) is 9.79. The number of fused-ring (bicyclic) bond motifs is 1. The van der Waals surface area contributed by atoms with Gasteiger partial charge < -0.3 is 0 Å². The first-order valence-corrected chi connectivity index (χ1v) is 10.9. The third-order valence-corrected chi connectivity index (χ3v) is 7.81. The van der Waals surface area contributed by atoms with Gasteiger partial charge in [-0.2, -0.15) is 0 Å². The van der Waals surface area contributed by atoms with Gasteiger partial charge in [-0.1, -0.05) is 57.9 Å².